The standard InChI is InChI=1S/C16H25N3O3/c1-16(2,3)22-15(20)19-12-5-4-6-14(9-12)21-8-7-18-13-10-17-11-13/h4-6,9,13,17-18H,7-8,10-11H2,1-3H3,(H,19,20). The van der Waals surface area contributed by atoms with Gasteiger partial charge >= 0.3 is 6.09 Å². The molecule has 0 radical (unpaired) electrons. The van der Waals surface area contributed by atoms with Crippen molar-refractivity contribution in [3.05, 3.63) is 24.3 Å². The molecule has 1 fully saturated rings. The molecule has 1 aromatic rings. The van der Waals surface area contributed by atoms with Crippen molar-refractivity contribution in [3.8, 4) is 5.75 Å². The van der Waals surface area contributed by atoms with E-state index in [1.165, 1.54) is 0 Å². The Kier molecular flexibility index (Phi) is 5.63. The van der Waals surface area contributed by atoms with Crippen LogP contribution in [0.3, 0.4) is 0 Å². The van der Waals surface area contributed by atoms with Crippen LogP contribution in [0.1, 0.15) is 20.8 Å². The van der Waals surface area contributed by atoms with Crippen molar-refractivity contribution < 1.29 is 14.3 Å². The molecule has 0 unspecified atom stereocenters. The number of rotatable bonds is 6. The van der Waals surface area contributed by atoms with E-state index in [9.17, 15) is 4.79 Å². The van der Waals surface area contributed by atoms with E-state index in [1.54, 1.807) is 12.1 Å². The topological polar surface area (TPSA) is 71.6 Å². The maximum atomic E-state index is 11.7. The SMILES string of the molecule is CC(C)(C)OC(=O)Nc1cccc(OCCNC2CNC2)c1. The van der Waals surface area contributed by atoms with Crippen LogP contribution in [-0.2, 0) is 4.74 Å². The van der Waals surface area contributed by atoms with E-state index in [1.807, 2.05) is 32.9 Å². The lowest BCUT2D eigenvalue weighted by Gasteiger charge is -2.28. The first-order valence-electron chi connectivity index (χ1n) is 7.59. The van der Waals surface area contributed by atoms with Gasteiger partial charge < -0.3 is 20.1 Å². The Morgan fingerprint density at radius 3 is 2.77 bits per heavy atom. The summed E-state index contributed by atoms with van der Waals surface area (Å²) in [6.45, 7) is 8.93. The first-order valence-corrected chi connectivity index (χ1v) is 7.59. The van der Waals surface area contributed by atoms with Gasteiger partial charge in [0.25, 0.3) is 0 Å². The first kappa shape index (κ1) is 16.6. The summed E-state index contributed by atoms with van der Waals surface area (Å²) in [4.78, 5) is 11.7. The lowest BCUT2D eigenvalue weighted by Crippen LogP contribution is -2.56. The molecule has 1 saturated heterocycles. The Morgan fingerprint density at radius 2 is 2.14 bits per heavy atom. The summed E-state index contributed by atoms with van der Waals surface area (Å²) < 4.78 is 10.9. The summed E-state index contributed by atoms with van der Waals surface area (Å²) in [5.41, 5.74) is 0.142. The number of carbonyl (C=O) groups excluding carboxylic acids is 1. The number of hydrogen-bond donors (Lipinski definition) is 3. The van der Waals surface area contributed by atoms with Crippen LogP contribution in [0.5, 0.6) is 5.75 Å². The van der Waals surface area contributed by atoms with Crippen molar-refractivity contribution in [2.24, 2.45) is 0 Å². The second-order valence-electron chi connectivity index (χ2n) is 6.31. The zero-order valence-corrected chi connectivity index (χ0v) is 13.4. The quantitative estimate of drug-likeness (QED) is 0.701. The molecular formula is C16H25N3O3. The molecule has 1 amide bonds. The number of hydrogen-bond acceptors (Lipinski definition) is 5. The highest BCUT2D eigenvalue weighted by atomic mass is 16.6. The number of anilines is 1. The lowest BCUT2D eigenvalue weighted by molar-refractivity contribution is 0.0636. The molecule has 6 heteroatoms. The van der Waals surface area contributed by atoms with Crippen molar-refractivity contribution in [3.63, 3.8) is 0 Å². The highest BCUT2D eigenvalue weighted by molar-refractivity contribution is 5.85. The zero-order chi connectivity index (χ0) is 16.0. The summed E-state index contributed by atoms with van der Waals surface area (Å²) in [5.74, 6) is 0.724. The monoisotopic (exact) mass is 307 g/mol. The van der Waals surface area contributed by atoms with Gasteiger partial charge in [0.1, 0.15) is 18.0 Å². The van der Waals surface area contributed by atoms with Crippen LogP contribution in [0.4, 0.5) is 10.5 Å². The second kappa shape index (κ2) is 7.47. The van der Waals surface area contributed by atoms with Gasteiger partial charge in [-0.2, -0.15) is 0 Å². The Hall–Kier alpha value is -1.79. The Balaban J connectivity index is 1.75. The summed E-state index contributed by atoms with van der Waals surface area (Å²) >= 11 is 0. The fraction of sp³-hybridized carbons (Fsp3) is 0.562. The summed E-state index contributed by atoms with van der Waals surface area (Å²) in [6, 6.07) is 7.85. The van der Waals surface area contributed by atoms with Gasteiger partial charge in [0, 0.05) is 37.4 Å². The molecule has 122 valence electrons. The number of amides is 1. The van der Waals surface area contributed by atoms with Crippen LogP contribution in [0.15, 0.2) is 24.3 Å². The molecule has 1 aliphatic rings. The van der Waals surface area contributed by atoms with Crippen molar-refractivity contribution in [1.82, 2.24) is 10.6 Å². The molecule has 22 heavy (non-hydrogen) atoms. The van der Waals surface area contributed by atoms with Gasteiger partial charge in [-0.3, -0.25) is 5.32 Å². The maximum Gasteiger partial charge on any atom is 0.412 e. The average molecular weight is 307 g/mol. The third kappa shape index (κ3) is 5.91. The van der Waals surface area contributed by atoms with E-state index >= 15 is 0 Å². The van der Waals surface area contributed by atoms with E-state index in [4.69, 9.17) is 9.47 Å². The predicted molar refractivity (Wildman–Crippen MR) is 86.5 cm³/mol. The average Bonchev–Trinajstić information content (AvgIpc) is 2.34. The van der Waals surface area contributed by atoms with Gasteiger partial charge in [-0.25, -0.2) is 4.79 Å². The molecular weight excluding hydrogens is 282 g/mol. The summed E-state index contributed by atoms with van der Waals surface area (Å²) in [5, 5.41) is 9.29. The van der Waals surface area contributed by atoms with E-state index < -0.39 is 11.7 Å². The van der Waals surface area contributed by atoms with Crippen LogP contribution < -0.4 is 20.7 Å². The van der Waals surface area contributed by atoms with Gasteiger partial charge in [0.2, 0.25) is 0 Å². The van der Waals surface area contributed by atoms with Crippen molar-refractivity contribution in [2.75, 3.05) is 31.6 Å². The van der Waals surface area contributed by atoms with Crippen LogP contribution in [0, 0.1) is 0 Å². The molecule has 1 heterocycles. The van der Waals surface area contributed by atoms with E-state index in [0.29, 0.717) is 18.3 Å². The molecule has 0 aromatic heterocycles. The highest BCUT2D eigenvalue weighted by Crippen LogP contribution is 2.18. The summed E-state index contributed by atoms with van der Waals surface area (Å²) in [7, 11) is 0. The van der Waals surface area contributed by atoms with E-state index in [0.717, 1.165) is 25.4 Å². The minimum atomic E-state index is -0.514. The fourth-order valence-corrected chi connectivity index (χ4v) is 1.95. The largest absolute Gasteiger partial charge is 0.492 e. The summed E-state index contributed by atoms with van der Waals surface area (Å²) in [6.07, 6.45) is -0.469. The third-order valence-corrected chi connectivity index (χ3v) is 3.06. The molecule has 0 atom stereocenters. The van der Waals surface area contributed by atoms with Crippen LogP contribution >= 0.6 is 0 Å². The van der Waals surface area contributed by atoms with Crippen molar-refractivity contribution >= 4 is 11.8 Å². The smallest absolute Gasteiger partial charge is 0.412 e. The molecule has 0 aliphatic carbocycles. The minimum absolute atomic E-state index is 0.469. The number of benzene rings is 1. The van der Waals surface area contributed by atoms with E-state index in [-0.39, 0.29) is 0 Å². The molecule has 3 N–H and O–H groups in total. The van der Waals surface area contributed by atoms with Crippen molar-refractivity contribution in [2.45, 2.75) is 32.4 Å². The van der Waals surface area contributed by atoms with Gasteiger partial charge in [0.15, 0.2) is 0 Å². The first-order chi connectivity index (χ1) is 10.4. The number of carbonyl (C=O) groups is 1. The third-order valence-electron chi connectivity index (χ3n) is 3.06. The second-order valence-corrected chi connectivity index (χ2v) is 6.31. The van der Waals surface area contributed by atoms with Crippen LogP contribution in [0.2, 0.25) is 0 Å². The molecule has 1 aromatic carbocycles. The fourth-order valence-electron chi connectivity index (χ4n) is 1.95. The van der Waals surface area contributed by atoms with Gasteiger partial charge in [-0.1, -0.05) is 6.07 Å². The van der Waals surface area contributed by atoms with Crippen molar-refractivity contribution in [1.29, 1.82) is 0 Å². The predicted octanol–water partition coefficient (Wildman–Crippen LogP) is 1.97. The minimum Gasteiger partial charge on any atom is -0.492 e. The molecule has 0 spiro atoms. The molecule has 1 aliphatic heterocycles. The Labute approximate surface area is 131 Å². The van der Waals surface area contributed by atoms with E-state index in [2.05, 4.69) is 16.0 Å². The molecule has 6 nitrogen and oxygen atoms in total. The normalized spacial score (nSPS) is 15.0. The Morgan fingerprint density at radius 1 is 1.36 bits per heavy atom. The van der Waals surface area contributed by atoms with Crippen LogP contribution in [-0.4, -0.2) is 44.0 Å². The van der Waals surface area contributed by atoms with Crippen LogP contribution in [0.25, 0.3) is 0 Å². The van der Waals surface area contributed by atoms with Gasteiger partial charge in [-0.05, 0) is 32.9 Å². The Bertz CT molecular complexity index is 496. The maximum absolute atomic E-state index is 11.7. The molecule has 0 saturated carbocycles. The van der Waals surface area contributed by atoms with Gasteiger partial charge in [-0.15, -0.1) is 0 Å². The molecule has 2 rings (SSSR count). The zero-order valence-electron chi connectivity index (χ0n) is 13.4. The lowest BCUT2D eigenvalue weighted by atomic mass is 10.2. The van der Waals surface area contributed by atoms with Gasteiger partial charge in [0.05, 0.1) is 0 Å². The number of ether oxygens (including phenoxy) is 2. The highest BCUT2D eigenvalue weighted by Gasteiger charge is 2.16. The molecule has 0 bridgehead atoms. The number of nitrogens with one attached hydrogen (secondary N) is 3.